The molecule has 1 fully saturated rings. The maximum Gasteiger partial charge on any atom is 0.270 e. The van der Waals surface area contributed by atoms with Crippen molar-refractivity contribution in [1.29, 1.82) is 5.26 Å². The molecule has 0 radical (unpaired) electrons. The number of nitrogens with zero attached hydrogens (tertiary/aromatic N) is 3. The molecule has 1 aliphatic rings. The van der Waals surface area contributed by atoms with E-state index in [1.807, 2.05) is 54.6 Å². The first-order valence-electron chi connectivity index (χ1n) is 8.74. The second-order valence-corrected chi connectivity index (χ2v) is 6.39. The fraction of sp³-hybridized carbons (Fsp3) is 0.143. The number of rotatable bonds is 5. The lowest BCUT2D eigenvalue weighted by Gasteiger charge is -2.06. The van der Waals surface area contributed by atoms with Crippen LogP contribution in [0, 0.1) is 11.3 Å². The summed E-state index contributed by atoms with van der Waals surface area (Å²) in [6.45, 7) is 0. The van der Waals surface area contributed by atoms with Gasteiger partial charge in [-0.1, -0.05) is 54.6 Å². The normalized spacial score (nSPS) is 13.4. The molecule has 1 aliphatic carbocycles. The molecule has 6 heteroatoms. The molecule has 6 nitrogen and oxygen atoms in total. The van der Waals surface area contributed by atoms with Crippen LogP contribution < -0.4 is 11.0 Å². The first-order valence-corrected chi connectivity index (χ1v) is 8.74. The lowest BCUT2D eigenvalue weighted by molar-refractivity contribution is 1.07. The van der Waals surface area contributed by atoms with E-state index in [1.54, 1.807) is 6.21 Å². The summed E-state index contributed by atoms with van der Waals surface area (Å²) >= 11 is 0. The highest BCUT2D eigenvalue weighted by Gasteiger charge is 2.25. The fourth-order valence-corrected chi connectivity index (χ4v) is 2.99. The van der Waals surface area contributed by atoms with Gasteiger partial charge >= 0.3 is 0 Å². The molecule has 2 aromatic carbocycles. The van der Waals surface area contributed by atoms with Gasteiger partial charge in [0.2, 0.25) is 5.95 Å². The minimum Gasteiger partial charge on any atom is -0.290 e. The van der Waals surface area contributed by atoms with Gasteiger partial charge in [0.1, 0.15) is 11.6 Å². The number of benzene rings is 2. The van der Waals surface area contributed by atoms with Crippen LogP contribution in [-0.4, -0.2) is 16.2 Å². The van der Waals surface area contributed by atoms with E-state index in [4.69, 9.17) is 0 Å². The van der Waals surface area contributed by atoms with Crippen molar-refractivity contribution in [3.05, 3.63) is 81.6 Å². The monoisotopic (exact) mass is 355 g/mol. The largest absolute Gasteiger partial charge is 0.290 e. The van der Waals surface area contributed by atoms with Crippen LogP contribution in [0.15, 0.2) is 64.5 Å². The van der Waals surface area contributed by atoms with Gasteiger partial charge in [-0.2, -0.15) is 10.4 Å². The predicted octanol–water partition coefficient (Wildman–Crippen LogP) is 3.63. The molecule has 0 unspecified atom stereocenters. The third kappa shape index (κ3) is 3.62. The van der Waals surface area contributed by atoms with Crippen molar-refractivity contribution in [2.24, 2.45) is 5.10 Å². The van der Waals surface area contributed by atoms with E-state index in [2.05, 4.69) is 26.6 Å². The molecule has 1 heterocycles. The SMILES string of the molecule is N#Cc1c(-c2ccccc2)nc(NN=Cc2ccccc2C2CC2)[nH]c1=O. The topological polar surface area (TPSA) is 93.9 Å². The molecule has 0 spiro atoms. The number of hydrogen-bond acceptors (Lipinski definition) is 5. The lowest BCUT2D eigenvalue weighted by atomic mass is 10.0. The third-order valence-corrected chi connectivity index (χ3v) is 4.47. The highest BCUT2D eigenvalue weighted by atomic mass is 16.1. The highest BCUT2D eigenvalue weighted by Crippen LogP contribution is 2.41. The number of nitrogens with one attached hydrogen (secondary N) is 2. The van der Waals surface area contributed by atoms with E-state index in [1.165, 1.54) is 18.4 Å². The predicted molar refractivity (Wildman–Crippen MR) is 105 cm³/mol. The van der Waals surface area contributed by atoms with Crippen LogP contribution >= 0.6 is 0 Å². The fourth-order valence-electron chi connectivity index (χ4n) is 2.99. The minimum atomic E-state index is -0.498. The van der Waals surface area contributed by atoms with Gasteiger partial charge in [-0.15, -0.1) is 0 Å². The van der Waals surface area contributed by atoms with E-state index >= 15 is 0 Å². The maximum absolute atomic E-state index is 12.2. The van der Waals surface area contributed by atoms with Gasteiger partial charge in [-0.3, -0.25) is 9.78 Å². The molecular formula is C21H17N5O. The van der Waals surface area contributed by atoms with Crippen molar-refractivity contribution in [2.75, 3.05) is 5.43 Å². The van der Waals surface area contributed by atoms with E-state index in [0.717, 1.165) is 5.56 Å². The maximum atomic E-state index is 12.2. The molecule has 3 aromatic rings. The Labute approximate surface area is 156 Å². The summed E-state index contributed by atoms with van der Waals surface area (Å²) in [4.78, 5) is 19.2. The van der Waals surface area contributed by atoms with Crippen LogP contribution in [0.3, 0.4) is 0 Å². The van der Waals surface area contributed by atoms with Gasteiger partial charge in [0.25, 0.3) is 5.56 Å². The zero-order valence-corrected chi connectivity index (χ0v) is 14.5. The standard InChI is InChI=1S/C21H17N5O/c22-12-18-19(15-6-2-1-3-7-15)24-21(25-20(18)27)26-23-13-16-8-4-5-9-17(16)14-10-11-14/h1-9,13-14H,10-11H2,(H2,24,25,26,27). The third-order valence-electron chi connectivity index (χ3n) is 4.47. The molecule has 1 aromatic heterocycles. The number of aromatic nitrogens is 2. The van der Waals surface area contributed by atoms with Crippen LogP contribution in [-0.2, 0) is 0 Å². The minimum absolute atomic E-state index is 0.0187. The number of hydrogen-bond donors (Lipinski definition) is 2. The summed E-state index contributed by atoms with van der Waals surface area (Å²) in [6.07, 6.45) is 4.15. The Bertz CT molecular complexity index is 1090. The quantitative estimate of drug-likeness (QED) is 0.540. The Morgan fingerprint density at radius 2 is 1.89 bits per heavy atom. The highest BCUT2D eigenvalue weighted by molar-refractivity contribution is 5.82. The van der Waals surface area contributed by atoms with Crippen molar-refractivity contribution in [2.45, 2.75) is 18.8 Å². The number of H-pyrrole nitrogens is 1. The second-order valence-electron chi connectivity index (χ2n) is 6.39. The van der Waals surface area contributed by atoms with Crippen molar-refractivity contribution in [1.82, 2.24) is 9.97 Å². The molecule has 0 atom stereocenters. The summed E-state index contributed by atoms with van der Waals surface area (Å²) in [6, 6.07) is 19.2. The zero-order chi connectivity index (χ0) is 18.6. The van der Waals surface area contributed by atoms with Gasteiger partial charge in [0.15, 0.2) is 0 Å². The first kappa shape index (κ1) is 16.7. The summed E-state index contributed by atoms with van der Waals surface area (Å²) in [5.41, 5.74) is 5.62. The van der Waals surface area contributed by atoms with Crippen LogP contribution in [0.25, 0.3) is 11.3 Å². The Balaban J connectivity index is 1.63. The number of hydrazone groups is 1. The second kappa shape index (κ2) is 7.26. The summed E-state index contributed by atoms with van der Waals surface area (Å²) in [7, 11) is 0. The van der Waals surface area contributed by atoms with Crippen molar-refractivity contribution in [3.8, 4) is 17.3 Å². The van der Waals surface area contributed by atoms with E-state index < -0.39 is 5.56 Å². The lowest BCUT2D eigenvalue weighted by Crippen LogP contribution is -2.16. The van der Waals surface area contributed by atoms with Gasteiger partial charge in [-0.25, -0.2) is 10.4 Å². The van der Waals surface area contributed by atoms with Gasteiger partial charge < -0.3 is 0 Å². The Hall–Kier alpha value is -3.72. The molecule has 0 aliphatic heterocycles. The van der Waals surface area contributed by atoms with Gasteiger partial charge in [-0.05, 0) is 29.9 Å². The number of aromatic amines is 1. The molecule has 132 valence electrons. The Kier molecular flexibility index (Phi) is 4.50. The van der Waals surface area contributed by atoms with Crippen molar-refractivity contribution >= 4 is 12.2 Å². The number of nitriles is 1. The molecule has 0 amide bonds. The van der Waals surface area contributed by atoms with E-state index in [-0.39, 0.29) is 11.5 Å². The molecule has 0 bridgehead atoms. The van der Waals surface area contributed by atoms with Crippen LogP contribution in [0.5, 0.6) is 0 Å². The summed E-state index contributed by atoms with van der Waals surface area (Å²) in [5, 5.41) is 13.5. The Morgan fingerprint density at radius 1 is 1.15 bits per heavy atom. The molecule has 0 saturated heterocycles. The van der Waals surface area contributed by atoms with Crippen molar-refractivity contribution in [3.63, 3.8) is 0 Å². The van der Waals surface area contributed by atoms with Crippen LogP contribution in [0.4, 0.5) is 5.95 Å². The molecule has 4 rings (SSSR count). The molecule has 27 heavy (non-hydrogen) atoms. The summed E-state index contributed by atoms with van der Waals surface area (Å²) in [5.74, 6) is 0.809. The van der Waals surface area contributed by atoms with Crippen LogP contribution in [0.1, 0.15) is 35.4 Å². The molecule has 1 saturated carbocycles. The average molecular weight is 355 g/mol. The molecular weight excluding hydrogens is 338 g/mol. The van der Waals surface area contributed by atoms with Crippen LogP contribution in [0.2, 0.25) is 0 Å². The van der Waals surface area contributed by atoms with E-state index in [9.17, 15) is 10.1 Å². The Morgan fingerprint density at radius 3 is 2.63 bits per heavy atom. The van der Waals surface area contributed by atoms with E-state index in [0.29, 0.717) is 17.2 Å². The molecule has 2 N–H and O–H groups in total. The van der Waals surface area contributed by atoms with Crippen molar-refractivity contribution < 1.29 is 0 Å². The summed E-state index contributed by atoms with van der Waals surface area (Å²) < 4.78 is 0. The number of anilines is 1. The van der Waals surface area contributed by atoms with Gasteiger partial charge in [0, 0.05) is 5.56 Å². The first-order chi connectivity index (χ1) is 13.3. The smallest absolute Gasteiger partial charge is 0.270 e. The zero-order valence-electron chi connectivity index (χ0n) is 14.5. The van der Waals surface area contributed by atoms with Gasteiger partial charge in [0.05, 0.1) is 11.9 Å². The average Bonchev–Trinajstić information content (AvgIpc) is 3.54.